The first-order chi connectivity index (χ1) is 17.0. The molecule has 0 saturated carbocycles. The lowest BCUT2D eigenvalue weighted by molar-refractivity contribution is -0.143. The van der Waals surface area contributed by atoms with Crippen molar-refractivity contribution in [2.75, 3.05) is 0 Å². The predicted octanol–water partition coefficient (Wildman–Crippen LogP) is -3.96. The maximum atomic E-state index is 13.2. The second-order valence-corrected chi connectivity index (χ2v) is 8.02. The van der Waals surface area contributed by atoms with Crippen LogP contribution in [0.5, 0.6) is 0 Å². The Morgan fingerprint density at radius 3 is 1.69 bits per heavy atom. The van der Waals surface area contributed by atoms with Gasteiger partial charge in [-0.3, -0.25) is 19.2 Å². The van der Waals surface area contributed by atoms with Crippen molar-refractivity contribution in [3.8, 4) is 0 Å². The van der Waals surface area contributed by atoms with E-state index in [9.17, 15) is 34.2 Å². The Labute approximate surface area is 204 Å². The number of carboxylic acids is 1. The van der Waals surface area contributed by atoms with Gasteiger partial charge >= 0.3 is 5.97 Å². The number of carboxylic acid groups (broad SMARTS) is 1. The molecule has 0 radical (unpaired) electrons. The van der Waals surface area contributed by atoms with Gasteiger partial charge in [-0.05, 0) is 6.92 Å². The van der Waals surface area contributed by atoms with Crippen LogP contribution < -0.4 is 27.4 Å². The molecule has 5 unspecified atom stereocenters. The van der Waals surface area contributed by atoms with Gasteiger partial charge in [-0.1, -0.05) is 0 Å². The Morgan fingerprint density at radius 2 is 1.33 bits per heavy atom. The van der Waals surface area contributed by atoms with Crippen molar-refractivity contribution < 1.29 is 34.2 Å². The third-order valence-electron chi connectivity index (χ3n) is 5.07. The van der Waals surface area contributed by atoms with Gasteiger partial charge in [0.15, 0.2) is 0 Å². The van der Waals surface area contributed by atoms with Gasteiger partial charge in [-0.2, -0.15) is 0 Å². The summed E-state index contributed by atoms with van der Waals surface area (Å²) in [4.78, 5) is 74.4. The number of rotatable bonds is 14. The van der Waals surface area contributed by atoms with Crippen LogP contribution in [0.15, 0.2) is 25.0 Å². The standard InChI is InChI=1S/C20H29N9O7/c1-9(30)16(22)19(34)28-13(3-11-6-24-8-26-11)17(32)27-12(2-10-5-23-7-25-10)18(33)29-14(20(35)36)4-15(21)31/h5-9,12-14,16,30H,2-4,22H2,1H3,(H2,21,31)(H,23,25)(H,24,26)(H,27,32)(H,28,34)(H,29,33)(H,35,36). The molecule has 0 bridgehead atoms. The monoisotopic (exact) mass is 507 g/mol. The number of imidazole rings is 2. The van der Waals surface area contributed by atoms with E-state index in [1.807, 2.05) is 0 Å². The van der Waals surface area contributed by atoms with Crippen LogP contribution in [0.2, 0.25) is 0 Å². The summed E-state index contributed by atoms with van der Waals surface area (Å²) in [6.45, 7) is 1.31. The number of nitrogens with two attached hydrogens (primary N) is 2. The molecule has 2 heterocycles. The van der Waals surface area contributed by atoms with Gasteiger partial charge < -0.3 is 47.6 Å². The molecule has 2 aromatic heterocycles. The summed E-state index contributed by atoms with van der Waals surface area (Å²) in [6.07, 6.45) is 3.48. The molecule has 196 valence electrons. The van der Waals surface area contributed by atoms with E-state index in [2.05, 4.69) is 35.9 Å². The minimum atomic E-state index is -1.62. The molecule has 0 aliphatic rings. The van der Waals surface area contributed by atoms with E-state index >= 15 is 0 Å². The van der Waals surface area contributed by atoms with E-state index < -0.39 is 66.3 Å². The number of aliphatic hydroxyl groups excluding tert-OH is 1. The van der Waals surface area contributed by atoms with E-state index in [-0.39, 0.29) is 12.8 Å². The van der Waals surface area contributed by atoms with Crippen molar-refractivity contribution in [1.29, 1.82) is 0 Å². The fourth-order valence-electron chi connectivity index (χ4n) is 3.08. The van der Waals surface area contributed by atoms with E-state index in [0.717, 1.165) is 0 Å². The summed E-state index contributed by atoms with van der Waals surface area (Å²) in [5.74, 6) is -4.98. The number of amides is 4. The maximum absolute atomic E-state index is 13.2. The van der Waals surface area contributed by atoms with Crippen LogP contribution in [-0.2, 0) is 36.8 Å². The Hall–Kier alpha value is -4.31. The Morgan fingerprint density at radius 1 is 0.889 bits per heavy atom. The van der Waals surface area contributed by atoms with E-state index in [1.165, 1.54) is 32.0 Å². The average Bonchev–Trinajstić information content (AvgIpc) is 3.50. The van der Waals surface area contributed by atoms with Crippen LogP contribution in [0.1, 0.15) is 24.7 Å². The number of hydrogen-bond donors (Lipinski definition) is 9. The second kappa shape index (κ2) is 13.0. The number of aromatic amines is 2. The fraction of sp³-hybridized carbons (Fsp3) is 0.450. The predicted molar refractivity (Wildman–Crippen MR) is 121 cm³/mol. The third kappa shape index (κ3) is 8.48. The van der Waals surface area contributed by atoms with Gasteiger partial charge in [-0.15, -0.1) is 0 Å². The summed E-state index contributed by atoms with van der Waals surface area (Å²) < 4.78 is 0. The number of aliphatic hydroxyl groups is 1. The van der Waals surface area contributed by atoms with Crippen LogP contribution in [0.3, 0.4) is 0 Å². The SMILES string of the molecule is CC(O)C(N)C(=O)NC(Cc1cnc[nH]1)C(=O)NC(Cc1cnc[nH]1)C(=O)NC(CC(N)=O)C(=O)O. The zero-order valence-electron chi connectivity index (χ0n) is 19.3. The van der Waals surface area contributed by atoms with Crippen molar-refractivity contribution >= 4 is 29.6 Å². The van der Waals surface area contributed by atoms with Crippen LogP contribution in [-0.4, -0.2) is 90.0 Å². The molecule has 36 heavy (non-hydrogen) atoms. The molecule has 2 rings (SSSR count). The first kappa shape index (κ1) is 27.9. The number of aromatic nitrogens is 4. The third-order valence-corrected chi connectivity index (χ3v) is 5.07. The first-order valence-corrected chi connectivity index (χ1v) is 10.8. The van der Waals surface area contributed by atoms with Crippen LogP contribution in [0.4, 0.5) is 0 Å². The molecule has 0 saturated heterocycles. The van der Waals surface area contributed by atoms with E-state index in [4.69, 9.17) is 11.5 Å². The molecule has 0 spiro atoms. The number of nitrogens with one attached hydrogen (secondary N) is 5. The highest BCUT2D eigenvalue weighted by Gasteiger charge is 2.32. The molecule has 0 fully saturated rings. The molecule has 0 aliphatic heterocycles. The molecule has 5 atom stereocenters. The van der Waals surface area contributed by atoms with Crippen molar-refractivity contribution in [3.63, 3.8) is 0 Å². The van der Waals surface area contributed by atoms with Gasteiger partial charge in [0.25, 0.3) is 0 Å². The van der Waals surface area contributed by atoms with Gasteiger partial charge in [-0.25, -0.2) is 14.8 Å². The highest BCUT2D eigenvalue weighted by molar-refractivity contribution is 5.95. The molecule has 2 aromatic rings. The topological polar surface area (TPSA) is 271 Å². The summed E-state index contributed by atoms with van der Waals surface area (Å²) in [5.41, 5.74) is 11.6. The molecule has 16 heteroatoms. The lowest BCUT2D eigenvalue weighted by Crippen LogP contribution is -2.59. The molecule has 4 amide bonds. The Balaban J connectivity index is 2.25. The maximum Gasteiger partial charge on any atom is 0.326 e. The van der Waals surface area contributed by atoms with Gasteiger partial charge in [0.05, 0.1) is 25.2 Å². The number of aliphatic carboxylic acids is 1. The van der Waals surface area contributed by atoms with Crippen LogP contribution in [0.25, 0.3) is 0 Å². The molecule has 16 nitrogen and oxygen atoms in total. The van der Waals surface area contributed by atoms with Crippen molar-refractivity contribution in [2.45, 2.75) is 56.5 Å². The number of primary amides is 1. The normalized spacial score (nSPS) is 15.1. The zero-order chi connectivity index (χ0) is 26.8. The quantitative estimate of drug-likeness (QED) is 0.120. The largest absolute Gasteiger partial charge is 0.480 e. The molecule has 0 aromatic carbocycles. The van der Waals surface area contributed by atoms with Crippen molar-refractivity contribution in [1.82, 2.24) is 35.9 Å². The summed E-state index contributed by atoms with van der Waals surface area (Å²) in [6, 6.07) is -5.53. The van der Waals surface area contributed by atoms with Crippen LogP contribution in [0, 0.1) is 0 Å². The number of carbonyl (C=O) groups excluding carboxylic acids is 4. The second-order valence-electron chi connectivity index (χ2n) is 8.02. The fourth-order valence-corrected chi connectivity index (χ4v) is 3.08. The molecule has 11 N–H and O–H groups in total. The highest BCUT2D eigenvalue weighted by atomic mass is 16.4. The first-order valence-electron chi connectivity index (χ1n) is 10.8. The smallest absolute Gasteiger partial charge is 0.326 e. The number of H-pyrrole nitrogens is 2. The average molecular weight is 508 g/mol. The summed E-state index contributed by atoms with van der Waals surface area (Å²) in [7, 11) is 0. The summed E-state index contributed by atoms with van der Waals surface area (Å²) >= 11 is 0. The van der Waals surface area contributed by atoms with E-state index in [1.54, 1.807) is 0 Å². The van der Waals surface area contributed by atoms with E-state index in [0.29, 0.717) is 11.4 Å². The van der Waals surface area contributed by atoms with Crippen LogP contribution >= 0.6 is 0 Å². The number of nitrogens with zero attached hydrogens (tertiary/aromatic N) is 2. The minimum Gasteiger partial charge on any atom is -0.480 e. The van der Waals surface area contributed by atoms with Gasteiger partial charge in [0.1, 0.15) is 24.2 Å². The Bertz CT molecular complexity index is 1040. The lowest BCUT2D eigenvalue weighted by atomic mass is 10.1. The number of carbonyl (C=O) groups is 5. The zero-order valence-corrected chi connectivity index (χ0v) is 19.3. The molecule has 0 aliphatic carbocycles. The minimum absolute atomic E-state index is 0.0675. The van der Waals surface area contributed by atoms with Crippen molar-refractivity contribution in [2.24, 2.45) is 11.5 Å². The lowest BCUT2D eigenvalue weighted by Gasteiger charge is -2.25. The van der Waals surface area contributed by atoms with Crippen molar-refractivity contribution in [3.05, 3.63) is 36.4 Å². The van der Waals surface area contributed by atoms with Gasteiger partial charge in [0, 0.05) is 36.6 Å². The number of hydrogen-bond acceptors (Lipinski definition) is 9. The molecular formula is C20H29N9O7. The molecular weight excluding hydrogens is 478 g/mol. The summed E-state index contributed by atoms with van der Waals surface area (Å²) in [5, 5.41) is 26.0. The van der Waals surface area contributed by atoms with Gasteiger partial charge in [0.2, 0.25) is 23.6 Å². The Kier molecular flexibility index (Phi) is 10.1. The highest BCUT2D eigenvalue weighted by Crippen LogP contribution is 2.05.